The third kappa shape index (κ3) is 5.13. The first-order valence-corrected chi connectivity index (χ1v) is 10.9. The zero-order chi connectivity index (χ0) is 26.9. The number of amides is 2. The summed E-state index contributed by atoms with van der Waals surface area (Å²) in [4.78, 5) is 29.5. The van der Waals surface area contributed by atoms with Gasteiger partial charge in [0.25, 0.3) is 18.2 Å². The van der Waals surface area contributed by atoms with Crippen LogP contribution in [0.15, 0.2) is 48.7 Å². The molecule has 4 rings (SSSR count). The Morgan fingerprint density at radius 2 is 1.92 bits per heavy atom. The van der Waals surface area contributed by atoms with Gasteiger partial charge < -0.3 is 15.8 Å². The maximum absolute atomic E-state index is 13.5. The molecular weight excluding hydrogens is 536 g/mol. The van der Waals surface area contributed by atoms with Gasteiger partial charge in [0.05, 0.1) is 32.9 Å². The molecule has 0 aliphatic rings. The molecule has 2 aromatic heterocycles. The van der Waals surface area contributed by atoms with E-state index in [0.29, 0.717) is 16.3 Å². The van der Waals surface area contributed by atoms with Crippen LogP contribution in [0.5, 0.6) is 5.88 Å². The van der Waals surface area contributed by atoms with Crippen molar-refractivity contribution in [3.8, 4) is 17.8 Å². The number of fused-ring (bicyclic) bond motifs is 1. The number of nitrogens with zero attached hydrogens (tertiary/aromatic N) is 4. The van der Waals surface area contributed by atoms with Gasteiger partial charge in [0, 0.05) is 17.6 Å². The summed E-state index contributed by atoms with van der Waals surface area (Å²) in [5.74, 6) is -2.67. The molecule has 2 amide bonds. The summed E-state index contributed by atoms with van der Waals surface area (Å²) in [6, 6.07) is 11.6. The van der Waals surface area contributed by atoms with Crippen molar-refractivity contribution in [2.45, 2.75) is 12.8 Å². The minimum Gasteiger partial charge on any atom is -0.436 e. The van der Waals surface area contributed by atoms with Crippen LogP contribution in [-0.2, 0) is 0 Å². The van der Waals surface area contributed by atoms with E-state index in [1.54, 1.807) is 0 Å². The first-order valence-electron chi connectivity index (χ1n) is 10.2. The van der Waals surface area contributed by atoms with Gasteiger partial charge in [0.2, 0.25) is 5.88 Å². The number of pyridine rings is 1. The Labute approximate surface area is 216 Å². The lowest BCUT2D eigenvalue weighted by atomic mass is 10.0. The number of benzene rings is 2. The average molecular weight is 549 g/mol. The first-order chi connectivity index (χ1) is 17.6. The van der Waals surface area contributed by atoms with E-state index in [1.165, 1.54) is 42.6 Å². The molecule has 0 radical (unpaired) electrons. The molecule has 3 N–H and O–H groups in total. The molecule has 9 nitrogen and oxygen atoms in total. The predicted octanol–water partition coefficient (Wildman–Crippen LogP) is 4.89. The van der Waals surface area contributed by atoms with Crippen molar-refractivity contribution in [2.75, 3.05) is 5.32 Å². The predicted molar refractivity (Wildman–Crippen MR) is 128 cm³/mol. The number of hydrogen-bond acceptors (Lipinski definition) is 6. The van der Waals surface area contributed by atoms with Gasteiger partial charge in [-0.3, -0.25) is 9.59 Å². The molecule has 0 saturated carbocycles. The molecule has 1 atom stereocenters. The van der Waals surface area contributed by atoms with Gasteiger partial charge >= 0.3 is 6.43 Å². The van der Waals surface area contributed by atoms with E-state index in [-0.39, 0.29) is 32.8 Å². The minimum atomic E-state index is -3.48. The standard InChI is InChI=1S/C23H13Cl2F3N6O3/c24-14-2-1-5-31-22(14)34-15(8-16(33-34)37-20(28)19(26)27)23(36)32-18-13(21(30)35)7-11-6-10(9-29)3-4-12(11)17(18)25/h1-8,19-20H,(H2,30,35)(H,32,36). The van der Waals surface area contributed by atoms with Crippen molar-refractivity contribution in [3.63, 3.8) is 0 Å². The fourth-order valence-corrected chi connectivity index (χ4v) is 3.89. The molecule has 0 saturated heterocycles. The van der Waals surface area contributed by atoms with E-state index in [9.17, 15) is 22.8 Å². The monoisotopic (exact) mass is 548 g/mol. The maximum atomic E-state index is 13.5. The lowest BCUT2D eigenvalue weighted by molar-refractivity contribution is -0.0691. The number of aromatic nitrogens is 3. The zero-order valence-electron chi connectivity index (χ0n) is 18.3. The van der Waals surface area contributed by atoms with Crippen LogP contribution in [-0.4, -0.2) is 39.4 Å². The summed E-state index contributed by atoms with van der Waals surface area (Å²) < 4.78 is 44.2. The van der Waals surface area contributed by atoms with Gasteiger partial charge in [0.15, 0.2) is 5.82 Å². The Morgan fingerprint density at radius 3 is 2.57 bits per heavy atom. The number of ether oxygens (including phenoxy) is 1. The molecule has 0 aliphatic carbocycles. The Balaban J connectivity index is 1.82. The largest absolute Gasteiger partial charge is 0.436 e. The topological polar surface area (TPSA) is 136 Å². The van der Waals surface area contributed by atoms with Crippen LogP contribution in [0.1, 0.15) is 26.4 Å². The lowest BCUT2D eigenvalue weighted by Crippen LogP contribution is -2.21. The number of halogens is 5. The van der Waals surface area contributed by atoms with E-state index in [2.05, 4.69) is 20.1 Å². The molecule has 0 bridgehead atoms. The van der Waals surface area contributed by atoms with Crippen LogP contribution in [0.2, 0.25) is 10.0 Å². The summed E-state index contributed by atoms with van der Waals surface area (Å²) in [6.07, 6.45) is -5.17. The second-order valence-corrected chi connectivity index (χ2v) is 8.16. The molecule has 4 aromatic rings. The van der Waals surface area contributed by atoms with E-state index >= 15 is 0 Å². The molecular formula is C23H13Cl2F3N6O3. The molecule has 14 heteroatoms. The minimum absolute atomic E-state index is 0.0201. The first kappa shape index (κ1) is 25.7. The molecule has 0 fully saturated rings. The maximum Gasteiger partial charge on any atom is 0.304 e. The van der Waals surface area contributed by atoms with E-state index in [1.807, 2.05) is 6.07 Å². The van der Waals surface area contributed by atoms with Crippen LogP contribution in [0.25, 0.3) is 16.6 Å². The van der Waals surface area contributed by atoms with Gasteiger partial charge in [-0.05, 0) is 35.7 Å². The fraction of sp³-hybridized carbons (Fsp3) is 0.0870. The summed E-state index contributed by atoms with van der Waals surface area (Å²) >= 11 is 12.6. The number of nitrogens with two attached hydrogens (primary N) is 1. The molecule has 37 heavy (non-hydrogen) atoms. The van der Waals surface area contributed by atoms with Crippen molar-refractivity contribution in [1.29, 1.82) is 5.26 Å². The Bertz CT molecular complexity index is 1590. The molecule has 0 spiro atoms. The normalized spacial score (nSPS) is 11.8. The molecule has 2 heterocycles. The number of nitrogens with one attached hydrogen (secondary N) is 1. The number of carbonyl (C=O) groups excluding carboxylic acids is 2. The number of nitriles is 1. The highest BCUT2D eigenvalue weighted by Gasteiger charge is 2.27. The van der Waals surface area contributed by atoms with Gasteiger partial charge in [-0.1, -0.05) is 29.3 Å². The van der Waals surface area contributed by atoms with E-state index < -0.39 is 30.5 Å². The smallest absolute Gasteiger partial charge is 0.304 e. The van der Waals surface area contributed by atoms with Gasteiger partial charge in [-0.25, -0.2) is 18.4 Å². The quantitative estimate of drug-likeness (QED) is 0.337. The van der Waals surface area contributed by atoms with Crippen molar-refractivity contribution in [2.24, 2.45) is 5.73 Å². The van der Waals surface area contributed by atoms with Gasteiger partial charge in [0.1, 0.15) is 5.69 Å². The number of hydrogen-bond donors (Lipinski definition) is 2. The van der Waals surface area contributed by atoms with Gasteiger partial charge in [-0.15, -0.1) is 5.10 Å². The number of alkyl halides is 3. The van der Waals surface area contributed by atoms with Crippen LogP contribution < -0.4 is 15.8 Å². The lowest BCUT2D eigenvalue weighted by Gasteiger charge is -2.14. The second kappa shape index (κ2) is 10.3. The number of anilines is 1. The Hall–Kier alpha value is -4.34. The van der Waals surface area contributed by atoms with Crippen LogP contribution in [0.4, 0.5) is 18.9 Å². The highest BCUT2D eigenvalue weighted by Crippen LogP contribution is 2.36. The summed E-state index contributed by atoms with van der Waals surface area (Å²) in [5, 5.41) is 16.2. The second-order valence-electron chi connectivity index (χ2n) is 7.37. The Morgan fingerprint density at radius 1 is 1.16 bits per heavy atom. The van der Waals surface area contributed by atoms with Crippen molar-refractivity contribution in [3.05, 3.63) is 75.5 Å². The van der Waals surface area contributed by atoms with Crippen LogP contribution in [0.3, 0.4) is 0 Å². The average Bonchev–Trinajstić information content (AvgIpc) is 3.28. The molecule has 188 valence electrons. The van der Waals surface area contributed by atoms with Gasteiger partial charge in [-0.2, -0.15) is 9.65 Å². The number of primary amides is 1. The molecule has 2 aromatic carbocycles. The van der Waals surface area contributed by atoms with E-state index in [0.717, 1.165) is 10.7 Å². The molecule has 0 aliphatic heterocycles. The number of rotatable bonds is 7. The molecule has 1 unspecified atom stereocenters. The van der Waals surface area contributed by atoms with Crippen molar-refractivity contribution < 1.29 is 27.5 Å². The zero-order valence-corrected chi connectivity index (χ0v) is 19.8. The summed E-state index contributed by atoms with van der Waals surface area (Å²) in [5.41, 5.74) is 5.07. The SMILES string of the molecule is N#Cc1ccc2c(Cl)c(NC(=O)c3cc(OC(F)C(F)F)nn3-c3ncccc3Cl)c(C(N)=O)cc2c1. The highest BCUT2D eigenvalue weighted by atomic mass is 35.5. The third-order valence-electron chi connectivity index (χ3n) is 5.00. The van der Waals surface area contributed by atoms with Crippen molar-refractivity contribution in [1.82, 2.24) is 14.8 Å². The van der Waals surface area contributed by atoms with Crippen molar-refractivity contribution >= 4 is 51.5 Å². The third-order valence-corrected chi connectivity index (χ3v) is 5.69. The number of carbonyl (C=O) groups is 2. The van der Waals surface area contributed by atoms with E-state index in [4.69, 9.17) is 34.2 Å². The van der Waals surface area contributed by atoms with Crippen LogP contribution in [0, 0.1) is 11.3 Å². The van der Waals surface area contributed by atoms with Crippen LogP contribution >= 0.6 is 23.2 Å². The fourth-order valence-electron chi connectivity index (χ4n) is 3.37. The summed E-state index contributed by atoms with van der Waals surface area (Å²) in [7, 11) is 0. The summed E-state index contributed by atoms with van der Waals surface area (Å²) in [6.45, 7) is 0. The Kier molecular flexibility index (Phi) is 7.19. The highest BCUT2D eigenvalue weighted by molar-refractivity contribution is 6.40.